The van der Waals surface area contributed by atoms with Crippen LogP contribution >= 0.6 is 11.8 Å². The van der Waals surface area contributed by atoms with Gasteiger partial charge in [-0.3, -0.25) is 0 Å². The molecular weight excluding hydrogens is 206 g/mol. The van der Waals surface area contributed by atoms with Crippen LogP contribution in [-0.4, -0.2) is 35.3 Å². The highest BCUT2D eigenvalue weighted by molar-refractivity contribution is 7.99. The minimum Gasteiger partial charge on any atom is -0.389 e. The number of nitrogens with one attached hydrogen (secondary N) is 1. The summed E-state index contributed by atoms with van der Waals surface area (Å²) in [5.74, 6) is 2.77. The van der Waals surface area contributed by atoms with Crippen LogP contribution in [0, 0.1) is 5.92 Å². The monoisotopic (exact) mass is 233 g/mol. The van der Waals surface area contributed by atoms with Crippen molar-refractivity contribution in [3.63, 3.8) is 0 Å². The van der Waals surface area contributed by atoms with Crippen LogP contribution in [-0.2, 0) is 0 Å². The SMILES string of the molecule is CCSCCCNCC(C)(O)C(C)CC. The molecule has 3 heteroatoms. The van der Waals surface area contributed by atoms with Crippen molar-refractivity contribution >= 4 is 11.8 Å². The van der Waals surface area contributed by atoms with Gasteiger partial charge in [-0.25, -0.2) is 0 Å². The maximum absolute atomic E-state index is 10.1. The van der Waals surface area contributed by atoms with E-state index in [0.29, 0.717) is 12.5 Å². The molecule has 0 rings (SSSR count). The van der Waals surface area contributed by atoms with Gasteiger partial charge in [0.1, 0.15) is 0 Å². The first-order chi connectivity index (χ1) is 7.04. The fourth-order valence-electron chi connectivity index (χ4n) is 1.40. The van der Waals surface area contributed by atoms with Gasteiger partial charge < -0.3 is 10.4 Å². The number of hydrogen-bond acceptors (Lipinski definition) is 3. The second-order valence-electron chi connectivity index (χ2n) is 4.39. The average molecular weight is 233 g/mol. The molecule has 2 atom stereocenters. The highest BCUT2D eigenvalue weighted by Crippen LogP contribution is 2.18. The minimum atomic E-state index is -0.563. The van der Waals surface area contributed by atoms with Gasteiger partial charge >= 0.3 is 0 Å². The molecule has 0 aromatic rings. The van der Waals surface area contributed by atoms with Crippen molar-refractivity contribution in [2.75, 3.05) is 24.6 Å². The van der Waals surface area contributed by atoms with Crippen LogP contribution in [0.25, 0.3) is 0 Å². The van der Waals surface area contributed by atoms with Crippen molar-refractivity contribution in [2.45, 2.75) is 46.1 Å². The van der Waals surface area contributed by atoms with Crippen LogP contribution in [0.15, 0.2) is 0 Å². The normalized spacial score (nSPS) is 17.4. The highest BCUT2D eigenvalue weighted by atomic mass is 32.2. The van der Waals surface area contributed by atoms with Gasteiger partial charge in [0.2, 0.25) is 0 Å². The molecule has 0 radical (unpaired) electrons. The molecule has 0 fully saturated rings. The summed E-state index contributed by atoms with van der Waals surface area (Å²) in [7, 11) is 0. The Labute approximate surface area is 99.2 Å². The van der Waals surface area contributed by atoms with Gasteiger partial charge in [0.25, 0.3) is 0 Å². The zero-order valence-corrected chi connectivity index (χ0v) is 11.5. The molecule has 0 heterocycles. The van der Waals surface area contributed by atoms with E-state index in [-0.39, 0.29) is 0 Å². The molecule has 0 aliphatic rings. The Hall–Kier alpha value is 0.270. The molecule has 0 saturated carbocycles. The Balaban J connectivity index is 3.48. The molecular formula is C12H27NOS. The summed E-state index contributed by atoms with van der Waals surface area (Å²) in [5, 5.41) is 13.5. The van der Waals surface area contributed by atoms with E-state index in [9.17, 15) is 5.11 Å². The zero-order valence-electron chi connectivity index (χ0n) is 10.7. The molecule has 0 aromatic heterocycles. The number of aliphatic hydroxyl groups is 1. The molecule has 15 heavy (non-hydrogen) atoms. The third-order valence-electron chi connectivity index (χ3n) is 3.00. The average Bonchev–Trinajstić information content (AvgIpc) is 2.22. The first-order valence-corrected chi connectivity index (χ1v) is 7.20. The summed E-state index contributed by atoms with van der Waals surface area (Å²) >= 11 is 1.97. The van der Waals surface area contributed by atoms with Crippen LogP contribution in [0.4, 0.5) is 0 Å². The Morgan fingerprint density at radius 2 is 2.07 bits per heavy atom. The molecule has 2 N–H and O–H groups in total. The van der Waals surface area contributed by atoms with Crippen LogP contribution in [0.5, 0.6) is 0 Å². The fraction of sp³-hybridized carbons (Fsp3) is 1.00. The fourth-order valence-corrected chi connectivity index (χ4v) is 2.04. The molecule has 0 aliphatic carbocycles. The Kier molecular flexibility index (Phi) is 8.58. The summed E-state index contributed by atoms with van der Waals surface area (Å²) in [4.78, 5) is 0. The molecule has 0 saturated heterocycles. The van der Waals surface area contributed by atoms with Gasteiger partial charge in [-0.1, -0.05) is 27.2 Å². The van der Waals surface area contributed by atoms with Gasteiger partial charge in [0.05, 0.1) is 5.60 Å². The number of thioether (sulfide) groups is 1. The third kappa shape index (κ3) is 7.20. The maximum Gasteiger partial charge on any atom is 0.0768 e. The lowest BCUT2D eigenvalue weighted by atomic mass is 9.89. The van der Waals surface area contributed by atoms with Crippen molar-refractivity contribution in [3.05, 3.63) is 0 Å². The predicted molar refractivity (Wildman–Crippen MR) is 70.6 cm³/mol. The summed E-state index contributed by atoms with van der Waals surface area (Å²) in [6.07, 6.45) is 2.22. The first kappa shape index (κ1) is 15.3. The molecule has 2 nitrogen and oxygen atoms in total. The molecule has 0 aromatic carbocycles. The molecule has 2 unspecified atom stereocenters. The second kappa shape index (κ2) is 8.43. The second-order valence-corrected chi connectivity index (χ2v) is 5.79. The summed E-state index contributed by atoms with van der Waals surface area (Å²) in [6.45, 7) is 10.1. The van der Waals surface area contributed by atoms with E-state index in [1.54, 1.807) is 0 Å². The molecule has 0 aliphatic heterocycles. The molecule has 0 spiro atoms. The largest absolute Gasteiger partial charge is 0.389 e. The van der Waals surface area contributed by atoms with Crippen LogP contribution in [0.2, 0.25) is 0 Å². The van der Waals surface area contributed by atoms with E-state index < -0.39 is 5.60 Å². The van der Waals surface area contributed by atoms with Crippen LogP contribution < -0.4 is 5.32 Å². The summed E-state index contributed by atoms with van der Waals surface area (Å²) in [5.41, 5.74) is -0.563. The predicted octanol–water partition coefficient (Wildman–Crippen LogP) is 2.52. The Bertz CT molecular complexity index is 151. The lowest BCUT2D eigenvalue weighted by Gasteiger charge is -2.29. The Morgan fingerprint density at radius 1 is 1.40 bits per heavy atom. The van der Waals surface area contributed by atoms with Crippen molar-refractivity contribution in [1.82, 2.24) is 5.32 Å². The van der Waals surface area contributed by atoms with Crippen LogP contribution in [0.3, 0.4) is 0 Å². The smallest absolute Gasteiger partial charge is 0.0768 e. The van der Waals surface area contributed by atoms with Gasteiger partial charge in [0, 0.05) is 6.54 Å². The lowest BCUT2D eigenvalue weighted by Crippen LogP contribution is -2.43. The van der Waals surface area contributed by atoms with E-state index >= 15 is 0 Å². The number of hydrogen-bond donors (Lipinski definition) is 2. The van der Waals surface area contributed by atoms with Crippen molar-refractivity contribution in [2.24, 2.45) is 5.92 Å². The zero-order chi connectivity index (χ0) is 11.7. The van der Waals surface area contributed by atoms with E-state index in [2.05, 4.69) is 26.1 Å². The van der Waals surface area contributed by atoms with Crippen molar-refractivity contribution in [3.8, 4) is 0 Å². The van der Waals surface area contributed by atoms with Crippen LogP contribution in [0.1, 0.15) is 40.5 Å². The van der Waals surface area contributed by atoms with Gasteiger partial charge in [0.15, 0.2) is 0 Å². The Morgan fingerprint density at radius 3 is 2.60 bits per heavy atom. The topological polar surface area (TPSA) is 32.3 Å². The summed E-state index contributed by atoms with van der Waals surface area (Å²) in [6, 6.07) is 0. The molecule has 0 bridgehead atoms. The lowest BCUT2D eigenvalue weighted by molar-refractivity contribution is 0.00582. The quantitative estimate of drug-likeness (QED) is 0.600. The number of rotatable bonds is 9. The van der Waals surface area contributed by atoms with E-state index in [0.717, 1.165) is 13.0 Å². The van der Waals surface area contributed by atoms with Gasteiger partial charge in [-0.05, 0) is 37.3 Å². The molecule has 92 valence electrons. The minimum absolute atomic E-state index is 0.356. The van der Waals surface area contributed by atoms with Crippen molar-refractivity contribution < 1.29 is 5.11 Å². The first-order valence-electron chi connectivity index (χ1n) is 6.05. The van der Waals surface area contributed by atoms with E-state index in [1.807, 2.05) is 18.7 Å². The summed E-state index contributed by atoms with van der Waals surface area (Å²) < 4.78 is 0. The maximum atomic E-state index is 10.1. The molecule has 0 amide bonds. The van der Waals surface area contributed by atoms with Gasteiger partial charge in [-0.15, -0.1) is 0 Å². The van der Waals surface area contributed by atoms with Crippen molar-refractivity contribution in [1.29, 1.82) is 0 Å². The van der Waals surface area contributed by atoms with E-state index in [4.69, 9.17) is 0 Å². The standard InChI is InChI=1S/C12H27NOS/c1-5-11(3)12(4,14)10-13-8-7-9-15-6-2/h11,13-14H,5-10H2,1-4H3. The van der Waals surface area contributed by atoms with Gasteiger partial charge in [-0.2, -0.15) is 11.8 Å². The van der Waals surface area contributed by atoms with E-state index in [1.165, 1.54) is 17.9 Å². The highest BCUT2D eigenvalue weighted by Gasteiger charge is 2.25. The third-order valence-corrected chi connectivity index (χ3v) is 3.99.